The molecular formula is C24H20ClFN4O2. The van der Waals surface area contributed by atoms with E-state index < -0.39 is 5.82 Å². The number of carbonyl (C=O) groups is 1. The third-order valence-corrected chi connectivity index (χ3v) is 6.20. The minimum absolute atomic E-state index is 0.0143. The first-order valence-corrected chi connectivity index (χ1v) is 10.8. The van der Waals surface area contributed by atoms with Gasteiger partial charge in [0.25, 0.3) is 5.91 Å². The van der Waals surface area contributed by atoms with Gasteiger partial charge in [0.05, 0.1) is 16.5 Å². The van der Waals surface area contributed by atoms with Crippen LogP contribution < -0.4 is 0 Å². The fourth-order valence-electron chi connectivity index (χ4n) is 4.18. The fourth-order valence-corrected chi connectivity index (χ4v) is 4.39. The van der Waals surface area contributed by atoms with Gasteiger partial charge in [-0.25, -0.2) is 19.3 Å². The maximum absolute atomic E-state index is 14.1. The fraction of sp³-hybridized carbons (Fsp3) is 0.250. The summed E-state index contributed by atoms with van der Waals surface area (Å²) in [4.78, 5) is 28.4. The molecule has 0 bridgehead atoms. The predicted molar refractivity (Wildman–Crippen MR) is 119 cm³/mol. The zero-order valence-corrected chi connectivity index (χ0v) is 18.1. The van der Waals surface area contributed by atoms with Crippen LogP contribution in [-0.2, 0) is 0 Å². The second-order valence-electron chi connectivity index (χ2n) is 7.98. The molecule has 0 aliphatic carbocycles. The van der Waals surface area contributed by atoms with E-state index in [9.17, 15) is 9.18 Å². The summed E-state index contributed by atoms with van der Waals surface area (Å²) in [7, 11) is 0. The number of fused-ring (bicyclic) bond motifs is 1. The second-order valence-corrected chi connectivity index (χ2v) is 8.39. The van der Waals surface area contributed by atoms with E-state index in [-0.39, 0.29) is 23.4 Å². The van der Waals surface area contributed by atoms with Gasteiger partial charge in [0.15, 0.2) is 17.3 Å². The second kappa shape index (κ2) is 8.31. The molecule has 5 rings (SSSR count). The van der Waals surface area contributed by atoms with E-state index in [0.29, 0.717) is 39.9 Å². The van der Waals surface area contributed by atoms with Crippen LogP contribution in [0.5, 0.6) is 0 Å². The number of piperidine rings is 1. The molecule has 0 unspecified atom stereocenters. The summed E-state index contributed by atoms with van der Waals surface area (Å²) in [6.07, 6.45) is 4.79. The van der Waals surface area contributed by atoms with E-state index >= 15 is 0 Å². The number of aromatic nitrogens is 3. The normalized spacial score (nSPS) is 18.8. The first-order valence-electron chi connectivity index (χ1n) is 10.4. The molecule has 0 N–H and O–H groups in total. The zero-order chi connectivity index (χ0) is 22.2. The molecular weight excluding hydrogens is 431 g/mol. The summed E-state index contributed by atoms with van der Waals surface area (Å²) in [6.45, 7) is 2.41. The minimum atomic E-state index is -0.483. The van der Waals surface area contributed by atoms with Crippen molar-refractivity contribution in [1.82, 2.24) is 19.9 Å². The van der Waals surface area contributed by atoms with Gasteiger partial charge >= 0.3 is 0 Å². The van der Waals surface area contributed by atoms with Crippen molar-refractivity contribution >= 4 is 28.6 Å². The first kappa shape index (κ1) is 20.6. The smallest absolute Gasteiger partial charge is 0.254 e. The number of hydrogen-bond acceptors (Lipinski definition) is 5. The van der Waals surface area contributed by atoms with Crippen molar-refractivity contribution in [3.8, 4) is 11.4 Å². The topological polar surface area (TPSA) is 72.1 Å². The Labute approximate surface area is 189 Å². The van der Waals surface area contributed by atoms with Gasteiger partial charge in [0.1, 0.15) is 11.3 Å². The van der Waals surface area contributed by atoms with E-state index in [0.717, 1.165) is 12.8 Å². The molecule has 162 valence electrons. The van der Waals surface area contributed by atoms with Gasteiger partial charge in [-0.2, -0.15) is 0 Å². The molecule has 0 spiro atoms. The van der Waals surface area contributed by atoms with Crippen molar-refractivity contribution in [1.29, 1.82) is 0 Å². The highest BCUT2D eigenvalue weighted by molar-refractivity contribution is 6.34. The van der Waals surface area contributed by atoms with Crippen LogP contribution in [0.15, 0.2) is 59.3 Å². The number of nitrogens with zero attached hydrogens (tertiary/aromatic N) is 4. The standard InChI is InChI=1S/C24H20ClFN4O2/c1-14-6-7-15(23-29-21-19(25)4-2-5-20(21)32-23)13-30(14)24(31)18-12-16(26)8-9-17(18)22-27-10-3-11-28-22/h2-5,8-12,14-15H,6-7,13H2,1H3/t14-,15-/m1/s1. The largest absolute Gasteiger partial charge is 0.440 e. The lowest BCUT2D eigenvalue weighted by molar-refractivity contribution is 0.0598. The van der Waals surface area contributed by atoms with Crippen molar-refractivity contribution < 1.29 is 13.6 Å². The third kappa shape index (κ3) is 3.73. The number of hydrogen-bond donors (Lipinski definition) is 0. The number of benzene rings is 2. The van der Waals surface area contributed by atoms with E-state index in [2.05, 4.69) is 15.0 Å². The summed E-state index contributed by atoms with van der Waals surface area (Å²) < 4.78 is 20.1. The van der Waals surface area contributed by atoms with Crippen LogP contribution in [0.4, 0.5) is 4.39 Å². The third-order valence-electron chi connectivity index (χ3n) is 5.90. The Bertz CT molecular complexity index is 1290. The predicted octanol–water partition coefficient (Wildman–Crippen LogP) is 5.49. The van der Waals surface area contributed by atoms with Gasteiger partial charge in [0, 0.05) is 30.5 Å². The van der Waals surface area contributed by atoms with Crippen LogP contribution in [0.3, 0.4) is 0 Å². The van der Waals surface area contributed by atoms with Crippen LogP contribution in [0.2, 0.25) is 5.02 Å². The number of carbonyl (C=O) groups excluding carboxylic acids is 1. The number of para-hydroxylation sites is 1. The van der Waals surface area contributed by atoms with Crippen LogP contribution in [0.25, 0.3) is 22.5 Å². The maximum atomic E-state index is 14.1. The molecule has 0 radical (unpaired) electrons. The number of amides is 1. The molecule has 6 nitrogen and oxygen atoms in total. The summed E-state index contributed by atoms with van der Waals surface area (Å²) >= 11 is 6.25. The van der Waals surface area contributed by atoms with Crippen molar-refractivity contribution in [2.75, 3.05) is 6.54 Å². The molecule has 1 fully saturated rings. The van der Waals surface area contributed by atoms with Gasteiger partial charge in [-0.05, 0) is 56.2 Å². The van der Waals surface area contributed by atoms with E-state index in [1.165, 1.54) is 12.1 Å². The molecule has 2 aromatic heterocycles. The van der Waals surface area contributed by atoms with Crippen molar-refractivity contribution in [2.45, 2.75) is 31.7 Å². The van der Waals surface area contributed by atoms with Gasteiger partial charge in [0.2, 0.25) is 0 Å². The summed E-state index contributed by atoms with van der Waals surface area (Å²) in [5.74, 6) is 0.110. The lowest BCUT2D eigenvalue weighted by atomic mass is 9.92. The van der Waals surface area contributed by atoms with Crippen molar-refractivity contribution in [3.05, 3.63) is 77.2 Å². The molecule has 32 heavy (non-hydrogen) atoms. The van der Waals surface area contributed by atoms with Crippen LogP contribution >= 0.6 is 11.6 Å². The number of likely N-dealkylation sites (tertiary alicyclic amines) is 1. The molecule has 2 aromatic carbocycles. The average molecular weight is 451 g/mol. The van der Waals surface area contributed by atoms with Gasteiger partial charge in [-0.3, -0.25) is 4.79 Å². The highest BCUT2D eigenvalue weighted by Gasteiger charge is 2.34. The monoisotopic (exact) mass is 450 g/mol. The molecule has 1 amide bonds. The lowest BCUT2D eigenvalue weighted by Gasteiger charge is -2.37. The Morgan fingerprint density at radius 3 is 2.75 bits per heavy atom. The molecule has 4 aromatic rings. The quantitative estimate of drug-likeness (QED) is 0.413. The molecule has 3 heterocycles. The Morgan fingerprint density at radius 2 is 1.97 bits per heavy atom. The van der Waals surface area contributed by atoms with E-state index in [1.807, 2.05) is 19.1 Å². The van der Waals surface area contributed by atoms with Gasteiger partial charge < -0.3 is 9.32 Å². The van der Waals surface area contributed by atoms with Crippen molar-refractivity contribution in [3.63, 3.8) is 0 Å². The molecule has 1 aliphatic heterocycles. The average Bonchev–Trinajstić information content (AvgIpc) is 3.25. The van der Waals surface area contributed by atoms with Crippen LogP contribution in [-0.4, -0.2) is 38.3 Å². The Kier molecular flexibility index (Phi) is 5.35. The highest BCUT2D eigenvalue weighted by atomic mass is 35.5. The Morgan fingerprint density at radius 1 is 1.16 bits per heavy atom. The first-order chi connectivity index (χ1) is 15.5. The number of oxazole rings is 1. The Balaban J connectivity index is 1.48. The molecule has 2 atom stereocenters. The van der Waals surface area contributed by atoms with Crippen molar-refractivity contribution in [2.24, 2.45) is 0 Å². The highest BCUT2D eigenvalue weighted by Crippen LogP contribution is 2.34. The SMILES string of the molecule is C[C@@H]1CC[C@@H](c2nc3c(Cl)cccc3o2)CN1C(=O)c1cc(F)ccc1-c1ncccn1. The summed E-state index contributed by atoms with van der Waals surface area (Å²) in [5, 5.41) is 0.530. The Hall–Kier alpha value is -3.32. The molecule has 0 saturated carbocycles. The van der Waals surface area contributed by atoms with E-state index in [4.69, 9.17) is 16.0 Å². The van der Waals surface area contributed by atoms with Crippen LogP contribution in [0.1, 0.15) is 41.9 Å². The summed E-state index contributed by atoms with van der Waals surface area (Å²) in [6, 6.07) is 11.2. The zero-order valence-electron chi connectivity index (χ0n) is 17.3. The van der Waals surface area contributed by atoms with Gasteiger partial charge in [-0.15, -0.1) is 0 Å². The lowest BCUT2D eigenvalue weighted by Crippen LogP contribution is -2.45. The molecule has 1 saturated heterocycles. The van der Waals surface area contributed by atoms with E-state index in [1.54, 1.807) is 35.5 Å². The minimum Gasteiger partial charge on any atom is -0.440 e. The summed E-state index contributed by atoms with van der Waals surface area (Å²) in [5.41, 5.74) is 1.98. The van der Waals surface area contributed by atoms with Crippen LogP contribution in [0, 0.1) is 5.82 Å². The van der Waals surface area contributed by atoms with Gasteiger partial charge in [-0.1, -0.05) is 17.7 Å². The maximum Gasteiger partial charge on any atom is 0.254 e. The molecule has 8 heteroatoms. The molecule has 1 aliphatic rings. The number of rotatable bonds is 3. The number of halogens is 2.